The summed E-state index contributed by atoms with van der Waals surface area (Å²) in [6.45, 7) is 2.08. The molecule has 0 saturated heterocycles. The number of carbonyl (C=O) groups is 1. The molecule has 0 spiro atoms. The fourth-order valence-electron chi connectivity index (χ4n) is 2.16. The predicted molar refractivity (Wildman–Crippen MR) is 74.9 cm³/mol. The highest BCUT2D eigenvalue weighted by Crippen LogP contribution is 2.36. The van der Waals surface area contributed by atoms with Crippen molar-refractivity contribution in [2.24, 2.45) is 0 Å². The molecule has 1 aliphatic rings. The van der Waals surface area contributed by atoms with Gasteiger partial charge < -0.3 is 5.11 Å². The topological polar surface area (TPSA) is 40.5 Å². The number of halogens is 2. The molecule has 0 radical (unpaired) electrons. The highest BCUT2D eigenvalue weighted by Gasteiger charge is 2.34. The van der Waals surface area contributed by atoms with Crippen LogP contribution >= 0.6 is 27.5 Å². The van der Waals surface area contributed by atoms with Gasteiger partial charge in [0.25, 0.3) is 0 Å². The van der Waals surface area contributed by atoms with E-state index in [4.69, 9.17) is 16.7 Å². The third-order valence-corrected chi connectivity index (χ3v) is 4.06. The quantitative estimate of drug-likeness (QED) is 0.893. The number of hydrogen-bond acceptors (Lipinski definition) is 2. The Bertz CT molecular complexity index is 462. The monoisotopic (exact) mass is 331 g/mol. The molecule has 2 rings (SSSR count). The normalized spacial score (nSPS) is 16.9. The Kier molecular flexibility index (Phi) is 4.30. The Morgan fingerprint density at radius 3 is 2.78 bits per heavy atom. The molecule has 0 aliphatic heterocycles. The van der Waals surface area contributed by atoms with Crippen molar-refractivity contribution < 1.29 is 9.90 Å². The highest BCUT2D eigenvalue weighted by atomic mass is 79.9. The maximum Gasteiger partial charge on any atom is 0.317 e. The highest BCUT2D eigenvalue weighted by molar-refractivity contribution is 9.10. The van der Waals surface area contributed by atoms with E-state index in [1.165, 1.54) is 0 Å². The summed E-state index contributed by atoms with van der Waals surface area (Å²) in [7, 11) is 0. The zero-order valence-corrected chi connectivity index (χ0v) is 12.4. The van der Waals surface area contributed by atoms with Gasteiger partial charge in [-0.2, -0.15) is 0 Å². The zero-order chi connectivity index (χ0) is 13.3. The van der Waals surface area contributed by atoms with E-state index in [1.54, 1.807) is 0 Å². The van der Waals surface area contributed by atoms with Crippen LogP contribution < -0.4 is 0 Å². The fourth-order valence-corrected chi connectivity index (χ4v) is 2.99. The molecule has 18 heavy (non-hydrogen) atoms. The summed E-state index contributed by atoms with van der Waals surface area (Å²) >= 11 is 9.60. The molecule has 0 aromatic heterocycles. The van der Waals surface area contributed by atoms with Crippen LogP contribution in [0.15, 0.2) is 22.7 Å². The Morgan fingerprint density at radius 1 is 1.61 bits per heavy atom. The van der Waals surface area contributed by atoms with Crippen molar-refractivity contribution in [3.63, 3.8) is 0 Å². The molecule has 1 aromatic rings. The molecule has 1 saturated carbocycles. The standard InChI is InChI=1S/C13H15BrClNO2/c1-8(11-5-2-9(14)6-12(11)15)16(7-13(17)18)10-3-4-10/h2,5-6,8,10H,3-4,7H2,1H3,(H,17,18). The number of carboxylic acids is 1. The summed E-state index contributed by atoms with van der Waals surface area (Å²) in [5.41, 5.74) is 0.980. The first-order valence-electron chi connectivity index (χ1n) is 5.91. The van der Waals surface area contributed by atoms with Gasteiger partial charge in [-0.15, -0.1) is 0 Å². The van der Waals surface area contributed by atoms with Gasteiger partial charge in [0.05, 0.1) is 6.54 Å². The number of rotatable bonds is 5. The molecular weight excluding hydrogens is 318 g/mol. The van der Waals surface area contributed by atoms with Crippen LogP contribution in [0.25, 0.3) is 0 Å². The number of benzene rings is 1. The summed E-state index contributed by atoms with van der Waals surface area (Å²) in [4.78, 5) is 12.9. The molecule has 3 nitrogen and oxygen atoms in total. The minimum Gasteiger partial charge on any atom is -0.480 e. The van der Waals surface area contributed by atoms with Crippen molar-refractivity contribution >= 4 is 33.5 Å². The van der Waals surface area contributed by atoms with E-state index in [-0.39, 0.29) is 12.6 Å². The lowest BCUT2D eigenvalue weighted by atomic mass is 10.1. The van der Waals surface area contributed by atoms with Crippen molar-refractivity contribution in [2.45, 2.75) is 31.8 Å². The molecule has 1 N–H and O–H groups in total. The van der Waals surface area contributed by atoms with Gasteiger partial charge in [0.15, 0.2) is 0 Å². The van der Waals surface area contributed by atoms with Gasteiger partial charge >= 0.3 is 5.97 Å². The first-order valence-corrected chi connectivity index (χ1v) is 7.08. The molecule has 1 aromatic carbocycles. The zero-order valence-electron chi connectivity index (χ0n) is 10.1. The predicted octanol–water partition coefficient (Wildman–Crippen LogP) is 3.71. The first-order chi connectivity index (χ1) is 8.49. The molecular formula is C13H15BrClNO2. The molecule has 1 unspecified atom stereocenters. The van der Waals surface area contributed by atoms with Gasteiger partial charge in [-0.25, -0.2) is 0 Å². The van der Waals surface area contributed by atoms with Crippen LogP contribution in [0.4, 0.5) is 0 Å². The first kappa shape index (κ1) is 13.8. The van der Waals surface area contributed by atoms with E-state index in [9.17, 15) is 4.79 Å². The minimum absolute atomic E-state index is 0.0224. The lowest BCUT2D eigenvalue weighted by Gasteiger charge is -2.28. The maximum atomic E-state index is 10.9. The van der Waals surface area contributed by atoms with Gasteiger partial charge in [0.1, 0.15) is 0 Å². The van der Waals surface area contributed by atoms with Crippen LogP contribution in [0.3, 0.4) is 0 Å². The van der Waals surface area contributed by atoms with Crippen LogP contribution in [-0.4, -0.2) is 28.6 Å². The Labute approximate surface area is 120 Å². The number of carboxylic acid groups (broad SMARTS) is 1. The lowest BCUT2D eigenvalue weighted by Crippen LogP contribution is -2.34. The van der Waals surface area contributed by atoms with Gasteiger partial charge in [-0.1, -0.05) is 33.6 Å². The van der Waals surface area contributed by atoms with Crippen LogP contribution in [0.5, 0.6) is 0 Å². The molecule has 1 aliphatic carbocycles. The van der Waals surface area contributed by atoms with Crippen molar-refractivity contribution in [2.75, 3.05) is 6.54 Å². The fraction of sp³-hybridized carbons (Fsp3) is 0.462. The van der Waals surface area contributed by atoms with E-state index < -0.39 is 5.97 Å². The van der Waals surface area contributed by atoms with Crippen LogP contribution in [0.1, 0.15) is 31.4 Å². The molecule has 0 heterocycles. The summed E-state index contributed by atoms with van der Waals surface area (Å²) in [6, 6.07) is 6.14. The van der Waals surface area contributed by atoms with Crippen molar-refractivity contribution in [3.8, 4) is 0 Å². The Balaban J connectivity index is 2.21. The van der Waals surface area contributed by atoms with Crippen LogP contribution in [0, 0.1) is 0 Å². The largest absolute Gasteiger partial charge is 0.480 e. The van der Waals surface area contributed by atoms with E-state index in [0.29, 0.717) is 11.1 Å². The average molecular weight is 333 g/mol. The molecule has 98 valence electrons. The van der Waals surface area contributed by atoms with E-state index in [0.717, 1.165) is 22.9 Å². The summed E-state index contributed by atoms with van der Waals surface area (Å²) in [6.07, 6.45) is 2.15. The van der Waals surface area contributed by atoms with Crippen LogP contribution in [0.2, 0.25) is 5.02 Å². The van der Waals surface area contributed by atoms with Gasteiger partial charge in [-0.05, 0) is 37.5 Å². The third kappa shape index (κ3) is 3.25. The summed E-state index contributed by atoms with van der Waals surface area (Å²) in [5, 5.41) is 9.66. The number of nitrogens with zero attached hydrogens (tertiary/aromatic N) is 1. The Hall–Kier alpha value is -0.580. The van der Waals surface area contributed by atoms with E-state index in [1.807, 2.05) is 30.0 Å². The van der Waals surface area contributed by atoms with E-state index in [2.05, 4.69) is 15.9 Å². The molecule has 1 atom stereocenters. The average Bonchev–Trinajstić information content (AvgIpc) is 3.08. The maximum absolute atomic E-state index is 10.9. The van der Waals surface area contributed by atoms with Crippen molar-refractivity contribution in [1.82, 2.24) is 4.90 Å². The molecule has 0 bridgehead atoms. The lowest BCUT2D eigenvalue weighted by molar-refractivity contribution is -0.139. The second kappa shape index (κ2) is 5.59. The third-order valence-electron chi connectivity index (χ3n) is 3.24. The number of aliphatic carboxylic acids is 1. The number of hydrogen-bond donors (Lipinski definition) is 1. The Morgan fingerprint density at radius 2 is 2.28 bits per heavy atom. The molecule has 0 amide bonds. The second-order valence-electron chi connectivity index (χ2n) is 4.64. The van der Waals surface area contributed by atoms with Crippen molar-refractivity contribution in [3.05, 3.63) is 33.3 Å². The van der Waals surface area contributed by atoms with Gasteiger partial charge in [-0.3, -0.25) is 9.69 Å². The van der Waals surface area contributed by atoms with Crippen molar-refractivity contribution in [1.29, 1.82) is 0 Å². The molecule has 1 fully saturated rings. The van der Waals surface area contributed by atoms with Crippen LogP contribution in [-0.2, 0) is 4.79 Å². The summed E-state index contributed by atoms with van der Waals surface area (Å²) < 4.78 is 0.930. The minimum atomic E-state index is -0.790. The second-order valence-corrected chi connectivity index (χ2v) is 5.96. The molecule has 5 heteroatoms. The summed E-state index contributed by atoms with van der Waals surface area (Å²) in [5.74, 6) is -0.790. The SMILES string of the molecule is CC(c1ccc(Br)cc1Cl)N(CC(=O)O)C1CC1. The van der Waals surface area contributed by atoms with Gasteiger partial charge in [0, 0.05) is 21.6 Å². The van der Waals surface area contributed by atoms with Gasteiger partial charge in [0.2, 0.25) is 0 Å². The smallest absolute Gasteiger partial charge is 0.317 e. The van der Waals surface area contributed by atoms with E-state index >= 15 is 0 Å².